The number of carbonyl (C=O) groups excluding carboxylic acids is 1. The lowest BCUT2D eigenvalue weighted by Gasteiger charge is -2.09. The highest BCUT2D eigenvalue weighted by atomic mass is 79.9. The largest absolute Gasteiger partial charge is 0.449 e. The normalized spacial score (nSPS) is 10.8. The second-order valence-electron chi connectivity index (χ2n) is 6.29. The molecule has 0 fully saturated rings. The van der Waals surface area contributed by atoms with Crippen LogP contribution in [0.25, 0.3) is 0 Å². The quantitative estimate of drug-likeness (QED) is 0.212. The van der Waals surface area contributed by atoms with Gasteiger partial charge in [-0.3, -0.25) is 25.0 Å². The first-order valence-corrected chi connectivity index (χ1v) is 10.4. The molecule has 0 aliphatic heterocycles. The zero-order valence-corrected chi connectivity index (χ0v) is 19.3. The Labute approximate surface area is 204 Å². The van der Waals surface area contributed by atoms with Crippen molar-refractivity contribution < 1.29 is 19.4 Å². The van der Waals surface area contributed by atoms with Crippen molar-refractivity contribution in [2.24, 2.45) is 5.10 Å². The van der Waals surface area contributed by atoms with Crippen molar-refractivity contribution in [3.05, 3.63) is 100 Å². The highest BCUT2D eigenvalue weighted by molar-refractivity contribution is 9.10. The Bertz CT molecular complexity index is 1300. The lowest BCUT2D eigenvalue weighted by Crippen LogP contribution is -2.17. The van der Waals surface area contributed by atoms with Crippen LogP contribution in [0.1, 0.15) is 15.9 Å². The molecule has 1 N–H and O–H groups in total. The number of hydrogen-bond donors (Lipinski definition) is 1. The third-order valence-electron chi connectivity index (χ3n) is 4.09. The maximum Gasteiger partial charge on any atom is 0.318 e. The SMILES string of the molecule is O=C(N/N=C\c1ccc(Oc2ccc([N+](=O)[O-])cc2[N+](=O)[O-])c(Br)c1)c1ccc(Cl)c(Cl)c1. The molecule has 0 atom stereocenters. The van der Waals surface area contributed by atoms with Gasteiger partial charge in [0.2, 0.25) is 5.75 Å². The van der Waals surface area contributed by atoms with E-state index in [1.807, 2.05) is 0 Å². The van der Waals surface area contributed by atoms with E-state index in [1.54, 1.807) is 12.1 Å². The number of hydrazone groups is 1. The Morgan fingerprint density at radius 2 is 1.70 bits per heavy atom. The summed E-state index contributed by atoms with van der Waals surface area (Å²) in [6.07, 6.45) is 1.37. The molecule has 0 unspecified atom stereocenters. The summed E-state index contributed by atoms with van der Waals surface area (Å²) in [4.78, 5) is 32.7. The van der Waals surface area contributed by atoms with Gasteiger partial charge in [0, 0.05) is 11.6 Å². The van der Waals surface area contributed by atoms with Crippen LogP contribution in [0.4, 0.5) is 11.4 Å². The minimum atomic E-state index is -0.770. The molecular weight excluding hydrogens is 543 g/mol. The number of carbonyl (C=O) groups is 1. The van der Waals surface area contributed by atoms with Crippen LogP contribution >= 0.6 is 39.1 Å². The number of halogens is 3. The summed E-state index contributed by atoms with van der Waals surface area (Å²) >= 11 is 15.0. The average Bonchev–Trinajstić information content (AvgIpc) is 2.77. The zero-order valence-electron chi connectivity index (χ0n) is 16.2. The molecule has 168 valence electrons. The minimum Gasteiger partial charge on any atom is -0.449 e. The van der Waals surface area contributed by atoms with Crippen LogP contribution in [0, 0.1) is 20.2 Å². The van der Waals surface area contributed by atoms with E-state index in [1.165, 1.54) is 30.5 Å². The monoisotopic (exact) mass is 552 g/mol. The lowest BCUT2D eigenvalue weighted by molar-refractivity contribution is -0.394. The van der Waals surface area contributed by atoms with Gasteiger partial charge in [-0.05, 0) is 64.0 Å². The molecular formula is C20H11BrCl2N4O6. The van der Waals surface area contributed by atoms with Crippen LogP contribution in [-0.2, 0) is 0 Å². The van der Waals surface area contributed by atoms with Gasteiger partial charge in [-0.1, -0.05) is 23.2 Å². The third kappa shape index (κ3) is 6.04. The summed E-state index contributed by atoms with van der Waals surface area (Å²) in [5, 5.41) is 26.6. The van der Waals surface area contributed by atoms with Crippen molar-refractivity contribution >= 4 is 62.6 Å². The van der Waals surface area contributed by atoms with E-state index < -0.39 is 27.1 Å². The lowest BCUT2D eigenvalue weighted by atomic mass is 10.2. The number of nitro benzene ring substituents is 2. The molecule has 0 heterocycles. The van der Waals surface area contributed by atoms with E-state index in [9.17, 15) is 25.0 Å². The molecule has 0 bridgehead atoms. The van der Waals surface area contributed by atoms with Crippen molar-refractivity contribution in [3.8, 4) is 11.5 Å². The molecule has 3 aromatic carbocycles. The van der Waals surface area contributed by atoms with Crippen LogP contribution in [0.5, 0.6) is 11.5 Å². The highest BCUT2D eigenvalue weighted by Gasteiger charge is 2.21. The number of hydrogen-bond acceptors (Lipinski definition) is 7. The fourth-order valence-corrected chi connectivity index (χ4v) is 3.29. The molecule has 10 nitrogen and oxygen atoms in total. The molecule has 0 radical (unpaired) electrons. The van der Waals surface area contributed by atoms with E-state index >= 15 is 0 Å². The van der Waals surface area contributed by atoms with E-state index in [-0.39, 0.29) is 22.1 Å². The van der Waals surface area contributed by atoms with Crippen LogP contribution in [-0.4, -0.2) is 22.0 Å². The Hall–Kier alpha value is -3.54. The number of benzene rings is 3. The first-order valence-electron chi connectivity index (χ1n) is 8.84. The number of nitro groups is 2. The van der Waals surface area contributed by atoms with Gasteiger partial charge in [0.25, 0.3) is 11.6 Å². The van der Waals surface area contributed by atoms with Gasteiger partial charge in [0.15, 0.2) is 0 Å². The van der Waals surface area contributed by atoms with Crippen molar-refractivity contribution in [2.75, 3.05) is 0 Å². The smallest absolute Gasteiger partial charge is 0.318 e. The van der Waals surface area contributed by atoms with E-state index in [2.05, 4.69) is 26.5 Å². The van der Waals surface area contributed by atoms with Gasteiger partial charge in [-0.25, -0.2) is 5.43 Å². The molecule has 0 saturated heterocycles. The van der Waals surface area contributed by atoms with Gasteiger partial charge < -0.3 is 4.74 Å². The highest BCUT2D eigenvalue weighted by Crippen LogP contribution is 2.37. The summed E-state index contributed by atoms with van der Waals surface area (Å²) in [6, 6.07) is 12.2. The van der Waals surface area contributed by atoms with Crippen molar-refractivity contribution in [2.45, 2.75) is 0 Å². The zero-order chi connectivity index (χ0) is 24.1. The number of rotatable bonds is 7. The van der Waals surface area contributed by atoms with Crippen LogP contribution < -0.4 is 10.2 Å². The average molecular weight is 554 g/mol. The number of ether oxygens (including phenoxy) is 1. The predicted octanol–water partition coefficient (Wildman–Crippen LogP) is 6.13. The Kier molecular flexibility index (Phi) is 7.59. The number of amides is 1. The maximum atomic E-state index is 12.1. The van der Waals surface area contributed by atoms with Crippen LogP contribution in [0.15, 0.2) is 64.2 Å². The fraction of sp³-hybridized carbons (Fsp3) is 0. The summed E-state index contributed by atoms with van der Waals surface area (Å²) in [5.41, 5.74) is 2.22. The maximum absolute atomic E-state index is 12.1. The Morgan fingerprint density at radius 1 is 0.970 bits per heavy atom. The van der Waals surface area contributed by atoms with Gasteiger partial charge in [0.1, 0.15) is 5.75 Å². The third-order valence-corrected chi connectivity index (χ3v) is 5.45. The topological polar surface area (TPSA) is 137 Å². The minimum absolute atomic E-state index is 0.165. The molecule has 3 rings (SSSR count). The van der Waals surface area contributed by atoms with Crippen LogP contribution in [0.3, 0.4) is 0 Å². The second-order valence-corrected chi connectivity index (χ2v) is 7.95. The molecule has 0 saturated carbocycles. The number of nitrogens with zero attached hydrogens (tertiary/aromatic N) is 3. The first-order chi connectivity index (χ1) is 15.7. The molecule has 1 amide bonds. The van der Waals surface area contributed by atoms with Gasteiger partial charge in [0.05, 0.1) is 36.6 Å². The molecule has 0 spiro atoms. The van der Waals surface area contributed by atoms with Gasteiger partial charge >= 0.3 is 5.69 Å². The summed E-state index contributed by atoms with van der Waals surface area (Å²) in [7, 11) is 0. The van der Waals surface area contributed by atoms with Crippen molar-refractivity contribution in [1.82, 2.24) is 5.43 Å². The molecule has 13 heteroatoms. The van der Waals surface area contributed by atoms with E-state index in [0.29, 0.717) is 15.1 Å². The number of nitrogens with one attached hydrogen (secondary N) is 1. The fourth-order valence-electron chi connectivity index (χ4n) is 2.51. The standard InChI is InChI=1S/C20H11BrCl2N4O6/c21-14-7-11(10-24-25-20(28)12-2-4-15(22)16(23)8-12)1-5-18(14)33-19-6-3-13(26(29)30)9-17(19)27(31)32/h1-10H,(H,25,28)/b24-10-. The van der Waals surface area contributed by atoms with Gasteiger partial charge in [-0.15, -0.1) is 0 Å². The molecule has 0 aromatic heterocycles. The Balaban J connectivity index is 1.72. The number of non-ortho nitro benzene ring substituents is 1. The van der Waals surface area contributed by atoms with E-state index in [0.717, 1.165) is 18.2 Å². The molecule has 0 aliphatic rings. The van der Waals surface area contributed by atoms with Crippen molar-refractivity contribution in [3.63, 3.8) is 0 Å². The summed E-state index contributed by atoms with van der Waals surface area (Å²) in [6.45, 7) is 0. The predicted molar refractivity (Wildman–Crippen MR) is 125 cm³/mol. The van der Waals surface area contributed by atoms with E-state index in [4.69, 9.17) is 27.9 Å². The Morgan fingerprint density at radius 3 is 2.33 bits per heavy atom. The van der Waals surface area contributed by atoms with Gasteiger partial charge in [-0.2, -0.15) is 5.10 Å². The molecule has 3 aromatic rings. The summed E-state index contributed by atoms with van der Waals surface area (Å²) < 4.78 is 5.99. The molecule has 33 heavy (non-hydrogen) atoms. The second kappa shape index (κ2) is 10.4. The first kappa shape index (κ1) is 24.1. The summed E-state index contributed by atoms with van der Waals surface area (Å²) in [5.74, 6) is -0.431. The van der Waals surface area contributed by atoms with Crippen molar-refractivity contribution in [1.29, 1.82) is 0 Å². The molecule has 0 aliphatic carbocycles. The van der Waals surface area contributed by atoms with Crippen LogP contribution in [0.2, 0.25) is 10.0 Å².